The third-order valence-corrected chi connectivity index (χ3v) is 4.05. The molecule has 1 fully saturated rings. The molecule has 0 radical (unpaired) electrons. The summed E-state index contributed by atoms with van der Waals surface area (Å²) in [6, 6.07) is 2.13. The van der Waals surface area contributed by atoms with Gasteiger partial charge in [-0.1, -0.05) is 16.8 Å². The Morgan fingerprint density at radius 1 is 1.60 bits per heavy atom. The minimum atomic E-state index is -0.000168. The van der Waals surface area contributed by atoms with E-state index in [4.69, 9.17) is 22.5 Å². The van der Waals surface area contributed by atoms with Crippen LogP contribution in [0, 0.1) is 0 Å². The summed E-state index contributed by atoms with van der Waals surface area (Å²) in [6.07, 6.45) is 3.89. The van der Waals surface area contributed by atoms with E-state index in [0.29, 0.717) is 22.4 Å². The van der Waals surface area contributed by atoms with Crippen LogP contribution >= 0.6 is 11.6 Å². The standard InChI is InChI=1S/C13H20ClN5O/c1-18(2)9-4-3-7-19(8-9)13-11(14)10(5-6-16-13)12(15)17-20/h5-6,9,20H,3-4,7-8H2,1-2H3,(H2,15,17). The largest absolute Gasteiger partial charge is 0.409 e. The molecule has 1 atom stereocenters. The van der Waals surface area contributed by atoms with E-state index < -0.39 is 0 Å². The van der Waals surface area contributed by atoms with Crippen LogP contribution in [-0.2, 0) is 0 Å². The minimum Gasteiger partial charge on any atom is -0.409 e. The summed E-state index contributed by atoms with van der Waals surface area (Å²) in [6.45, 7) is 1.79. The third-order valence-electron chi connectivity index (χ3n) is 3.68. The molecular weight excluding hydrogens is 278 g/mol. The molecule has 0 saturated carbocycles. The zero-order valence-corrected chi connectivity index (χ0v) is 12.5. The molecule has 7 heteroatoms. The minimum absolute atomic E-state index is 0.000168. The Bertz CT molecular complexity index is 506. The fourth-order valence-electron chi connectivity index (χ4n) is 2.47. The number of anilines is 1. The lowest BCUT2D eigenvalue weighted by atomic mass is 10.0. The molecule has 20 heavy (non-hydrogen) atoms. The van der Waals surface area contributed by atoms with Gasteiger partial charge in [0.1, 0.15) is 5.82 Å². The van der Waals surface area contributed by atoms with Crippen LogP contribution in [0.3, 0.4) is 0 Å². The zero-order chi connectivity index (χ0) is 14.7. The molecule has 1 aliphatic heterocycles. The number of aromatic nitrogens is 1. The van der Waals surface area contributed by atoms with Crippen LogP contribution in [0.15, 0.2) is 17.4 Å². The Kier molecular flexibility index (Phi) is 4.67. The first kappa shape index (κ1) is 14.9. The predicted octanol–water partition coefficient (Wildman–Crippen LogP) is 1.36. The Balaban J connectivity index is 2.29. The van der Waals surface area contributed by atoms with E-state index in [2.05, 4.69) is 34.0 Å². The van der Waals surface area contributed by atoms with E-state index in [9.17, 15) is 0 Å². The van der Waals surface area contributed by atoms with Crippen molar-refractivity contribution >= 4 is 23.3 Å². The molecule has 2 heterocycles. The maximum atomic E-state index is 8.79. The summed E-state index contributed by atoms with van der Waals surface area (Å²) in [5, 5.41) is 12.2. The van der Waals surface area contributed by atoms with Gasteiger partial charge in [-0.25, -0.2) is 4.98 Å². The maximum Gasteiger partial charge on any atom is 0.171 e. The number of nitrogens with two attached hydrogens (primary N) is 1. The number of halogens is 1. The van der Waals surface area contributed by atoms with Crippen molar-refractivity contribution in [3.63, 3.8) is 0 Å². The molecule has 1 aromatic heterocycles. The smallest absolute Gasteiger partial charge is 0.171 e. The molecule has 6 nitrogen and oxygen atoms in total. The number of likely N-dealkylation sites (N-methyl/N-ethyl adjacent to an activating group) is 1. The maximum absolute atomic E-state index is 8.79. The lowest BCUT2D eigenvalue weighted by Crippen LogP contribution is -2.45. The average molecular weight is 298 g/mol. The highest BCUT2D eigenvalue weighted by Crippen LogP contribution is 2.29. The van der Waals surface area contributed by atoms with Crippen LogP contribution in [0.25, 0.3) is 0 Å². The molecule has 0 aromatic carbocycles. The molecule has 0 bridgehead atoms. The first-order chi connectivity index (χ1) is 9.54. The number of nitrogens with zero attached hydrogens (tertiary/aromatic N) is 4. The first-order valence-electron chi connectivity index (χ1n) is 6.58. The van der Waals surface area contributed by atoms with E-state index >= 15 is 0 Å². The summed E-state index contributed by atoms with van der Waals surface area (Å²) >= 11 is 6.35. The Labute approximate surface area is 123 Å². The van der Waals surface area contributed by atoms with Crippen LogP contribution in [0.4, 0.5) is 5.82 Å². The average Bonchev–Trinajstić information content (AvgIpc) is 2.46. The van der Waals surface area contributed by atoms with Crippen LogP contribution in [0.5, 0.6) is 0 Å². The number of hydrogen-bond donors (Lipinski definition) is 2. The van der Waals surface area contributed by atoms with Crippen molar-refractivity contribution in [2.24, 2.45) is 10.9 Å². The van der Waals surface area contributed by atoms with Crippen LogP contribution in [-0.4, -0.2) is 54.2 Å². The summed E-state index contributed by atoms with van der Waals surface area (Å²) in [4.78, 5) is 8.73. The van der Waals surface area contributed by atoms with Gasteiger partial charge in [0.15, 0.2) is 5.84 Å². The Morgan fingerprint density at radius 3 is 3.00 bits per heavy atom. The summed E-state index contributed by atoms with van der Waals surface area (Å²) in [7, 11) is 4.16. The van der Waals surface area contributed by atoms with E-state index in [1.54, 1.807) is 12.3 Å². The second-order valence-electron chi connectivity index (χ2n) is 5.19. The van der Waals surface area contributed by atoms with Crippen LogP contribution in [0.1, 0.15) is 18.4 Å². The predicted molar refractivity (Wildman–Crippen MR) is 80.7 cm³/mol. The molecule has 0 amide bonds. The molecule has 1 aliphatic rings. The van der Waals surface area contributed by atoms with Crippen molar-refractivity contribution in [3.05, 3.63) is 22.8 Å². The lowest BCUT2D eigenvalue weighted by Gasteiger charge is -2.37. The van der Waals surface area contributed by atoms with Crippen molar-refractivity contribution in [1.29, 1.82) is 0 Å². The van der Waals surface area contributed by atoms with Gasteiger partial charge in [-0.3, -0.25) is 0 Å². The van der Waals surface area contributed by atoms with E-state index in [0.717, 1.165) is 19.5 Å². The van der Waals surface area contributed by atoms with Crippen molar-refractivity contribution in [3.8, 4) is 0 Å². The number of hydrogen-bond acceptors (Lipinski definition) is 5. The topological polar surface area (TPSA) is 78.0 Å². The summed E-state index contributed by atoms with van der Waals surface area (Å²) < 4.78 is 0. The Hall–Kier alpha value is -1.53. The van der Waals surface area contributed by atoms with Crippen molar-refractivity contribution in [1.82, 2.24) is 9.88 Å². The summed E-state index contributed by atoms with van der Waals surface area (Å²) in [5.74, 6) is 0.696. The monoisotopic (exact) mass is 297 g/mol. The molecule has 110 valence electrons. The zero-order valence-electron chi connectivity index (χ0n) is 11.8. The molecular formula is C13H20ClN5O. The molecule has 3 N–H and O–H groups in total. The SMILES string of the molecule is CN(C)C1CCCN(c2nccc(/C(N)=N/O)c2Cl)C1. The number of amidine groups is 1. The second kappa shape index (κ2) is 6.28. The normalized spacial score (nSPS) is 20.5. The van der Waals surface area contributed by atoms with Gasteiger partial charge in [-0.2, -0.15) is 0 Å². The Morgan fingerprint density at radius 2 is 2.35 bits per heavy atom. The number of rotatable bonds is 3. The molecule has 2 rings (SSSR count). The molecule has 0 aliphatic carbocycles. The fourth-order valence-corrected chi connectivity index (χ4v) is 2.80. The highest BCUT2D eigenvalue weighted by molar-refractivity contribution is 6.36. The third kappa shape index (κ3) is 2.96. The van der Waals surface area contributed by atoms with Crippen molar-refractivity contribution in [2.75, 3.05) is 32.1 Å². The van der Waals surface area contributed by atoms with E-state index in [1.807, 2.05) is 0 Å². The van der Waals surface area contributed by atoms with Crippen molar-refractivity contribution in [2.45, 2.75) is 18.9 Å². The van der Waals surface area contributed by atoms with E-state index in [-0.39, 0.29) is 5.84 Å². The lowest BCUT2D eigenvalue weighted by molar-refractivity contribution is 0.257. The van der Waals surface area contributed by atoms with Crippen LogP contribution < -0.4 is 10.6 Å². The van der Waals surface area contributed by atoms with Gasteiger partial charge < -0.3 is 20.7 Å². The van der Waals surface area contributed by atoms with Gasteiger partial charge in [0.25, 0.3) is 0 Å². The summed E-state index contributed by atoms with van der Waals surface area (Å²) in [5.41, 5.74) is 6.14. The second-order valence-corrected chi connectivity index (χ2v) is 5.56. The highest BCUT2D eigenvalue weighted by atomic mass is 35.5. The van der Waals surface area contributed by atoms with Gasteiger partial charge in [-0.15, -0.1) is 0 Å². The van der Waals surface area contributed by atoms with Gasteiger partial charge in [0.05, 0.1) is 5.02 Å². The fraction of sp³-hybridized carbons (Fsp3) is 0.538. The molecule has 1 aromatic rings. The number of piperidine rings is 1. The van der Waals surface area contributed by atoms with Crippen LogP contribution in [0.2, 0.25) is 5.02 Å². The first-order valence-corrected chi connectivity index (χ1v) is 6.96. The van der Waals surface area contributed by atoms with E-state index in [1.165, 1.54) is 6.42 Å². The molecule has 1 saturated heterocycles. The van der Waals surface area contributed by atoms with Crippen molar-refractivity contribution < 1.29 is 5.21 Å². The molecule has 0 spiro atoms. The number of pyridine rings is 1. The number of oxime groups is 1. The van der Waals surface area contributed by atoms with Gasteiger partial charge in [0.2, 0.25) is 0 Å². The van der Waals surface area contributed by atoms with Gasteiger partial charge in [-0.05, 0) is 33.0 Å². The molecule has 1 unspecified atom stereocenters. The quantitative estimate of drug-likeness (QED) is 0.381. The highest BCUT2D eigenvalue weighted by Gasteiger charge is 2.24. The van der Waals surface area contributed by atoms with Gasteiger partial charge >= 0.3 is 0 Å². The van der Waals surface area contributed by atoms with Gasteiger partial charge in [0, 0.05) is 30.9 Å².